The predicted molar refractivity (Wildman–Crippen MR) is 79.0 cm³/mol. The molecule has 0 radical (unpaired) electrons. The first-order valence-electron chi connectivity index (χ1n) is 7.44. The summed E-state index contributed by atoms with van der Waals surface area (Å²) in [7, 11) is 0. The van der Waals surface area contributed by atoms with Crippen molar-refractivity contribution in [2.75, 3.05) is 6.54 Å². The third-order valence-corrected chi connectivity index (χ3v) is 4.00. The summed E-state index contributed by atoms with van der Waals surface area (Å²) in [6.45, 7) is 2.70. The zero-order chi connectivity index (χ0) is 15.5. The maximum atomic E-state index is 12.5. The monoisotopic (exact) mass is 302 g/mol. The van der Waals surface area contributed by atoms with Crippen molar-refractivity contribution in [3.8, 4) is 11.5 Å². The smallest absolute Gasteiger partial charge is 0.338 e. The molecule has 1 amide bonds. The fraction of sp³-hybridized carbons (Fsp3) is 0.467. The van der Waals surface area contributed by atoms with E-state index in [9.17, 15) is 9.59 Å². The lowest BCUT2D eigenvalue weighted by atomic mass is 10.0. The van der Waals surface area contributed by atoms with Gasteiger partial charge in [-0.25, -0.2) is 9.36 Å². The Labute approximate surface area is 127 Å². The van der Waals surface area contributed by atoms with E-state index in [0.29, 0.717) is 5.69 Å². The molecule has 0 spiro atoms. The number of carbonyl (C=O) groups is 1. The quantitative estimate of drug-likeness (QED) is 0.853. The lowest BCUT2D eigenvalue weighted by molar-refractivity contribution is -0.135. The second-order valence-corrected chi connectivity index (χ2v) is 5.51. The minimum atomic E-state index is -0.640. The van der Waals surface area contributed by atoms with Gasteiger partial charge in [0.15, 0.2) is 0 Å². The number of rotatable bonds is 3. The van der Waals surface area contributed by atoms with Gasteiger partial charge in [-0.15, -0.1) is 0 Å². The number of hydrogen-bond donors (Lipinski definition) is 0. The lowest BCUT2D eigenvalue weighted by Crippen LogP contribution is -2.44. The van der Waals surface area contributed by atoms with Crippen molar-refractivity contribution in [2.24, 2.45) is 0 Å². The molecular formula is C15H18N4O3. The van der Waals surface area contributed by atoms with Gasteiger partial charge in [-0.05, 0) is 38.3 Å². The molecule has 2 aromatic heterocycles. The molecule has 2 aromatic rings. The van der Waals surface area contributed by atoms with E-state index in [2.05, 4.69) is 10.1 Å². The third kappa shape index (κ3) is 2.79. The number of carbonyl (C=O) groups excluding carboxylic acids is 1. The van der Waals surface area contributed by atoms with Crippen molar-refractivity contribution in [3.05, 3.63) is 34.9 Å². The van der Waals surface area contributed by atoms with Crippen LogP contribution in [0.4, 0.5) is 0 Å². The Hall–Kier alpha value is -2.44. The Kier molecular flexibility index (Phi) is 4.04. The second kappa shape index (κ2) is 6.13. The van der Waals surface area contributed by atoms with Crippen molar-refractivity contribution in [2.45, 2.75) is 38.8 Å². The van der Waals surface area contributed by atoms with Crippen molar-refractivity contribution in [1.29, 1.82) is 0 Å². The fourth-order valence-electron chi connectivity index (χ4n) is 2.78. The van der Waals surface area contributed by atoms with Gasteiger partial charge in [0.05, 0.1) is 0 Å². The second-order valence-electron chi connectivity index (χ2n) is 5.51. The molecule has 3 heterocycles. The van der Waals surface area contributed by atoms with Crippen LogP contribution in [0.15, 0.2) is 33.7 Å². The van der Waals surface area contributed by atoms with Crippen molar-refractivity contribution in [3.63, 3.8) is 0 Å². The largest absolute Gasteiger partial charge is 0.442 e. The molecule has 0 N–H and O–H groups in total. The minimum absolute atomic E-state index is 0.0709. The topological polar surface area (TPSA) is 81.2 Å². The van der Waals surface area contributed by atoms with Crippen LogP contribution in [-0.4, -0.2) is 38.1 Å². The first-order valence-corrected chi connectivity index (χ1v) is 7.44. The van der Waals surface area contributed by atoms with Gasteiger partial charge in [0.25, 0.3) is 0 Å². The van der Waals surface area contributed by atoms with Crippen LogP contribution < -0.4 is 5.76 Å². The van der Waals surface area contributed by atoms with Gasteiger partial charge >= 0.3 is 5.76 Å². The van der Waals surface area contributed by atoms with Gasteiger partial charge in [-0.2, -0.15) is 0 Å². The van der Waals surface area contributed by atoms with Crippen LogP contribution in [0.1, 0.15) is 26.2 Å². The molecule has 1 atom stereocenters. The summed E-state index contributed by atoms with van der Waals surface area (Å²) in [5.74, 6) is -0.447. The molecule has 7 heteroatoms. The van der Waals surface area contributed by atoms with Crippen LogP contribution in [0.25, 0.3) is 11.5 Å². The number of hydrogen-bond acceptors (Lipinski definition) is 5. The zero-order valence-electron chi connectivity index (χ0n) is 12.4. The highest BCUT2D eigenvalue weighted by Crippen LogP contribution is 2.18. The Morgan fingerprint density at radius 2 is 2.27 bits per heavy atom. The lowest BCUT2D eigenvalue weighted by Gasteiger charge is -2.33. The summed E-state index contributed by atoms with van der Waals surface area (Å²) >= 11 is 0. The van der Waals surface area contributed by atoms with Crippen molar-refractivity contribution in [1.82, 2.24) is 19.6 Å². The molecule has 116 valence electrons. The first-order chi connectivity index (χ1) is 10.7. The van der Waals surface area contributed by atoms with Gasteiger partial charge in [0.2, 0.25) is 11.7 Å². The summed E-state index contributed by atoms with van der Waals surface area (Å²) in [5.41, 5.74) is 0.507. The molecule has 0 bridgehead atoms. The van der Waals surface area contributed by atoms with Crippen molar-refractivity contribution < 1.29 is 9.32 Å². The standard InChI is InChI=1S/C15H18N4O3/c1-11-6-3-5-9-18(11)13(20)10-19-14(17-22-15(19)21)12-7-2-4-8-16-12/h2,4,7-8,11H,3,5-6,9-10H2,1H3. The summed E-state index contributed by atoms with van der Waals surface area (Å²) in [6.07, 6.45) is 4.74. The SMILES string of the molecule is CC1CCCCN1C(=O)Cn1c(-c2ccccn2)noc1=O. The summed E-state index contributed by atoms with van der Waals surface area (Å²) in [6, 6.07) is 5.49. The molecule has 7 nitrogen and oxygen atoms in total. The van der Waals surface area contributed by atoms with Crippen LogP contribution in [0.2, 0.25) is 0 Å². The van der Waals surface area contributed by atoms with E-state index < -0.39 is 5.76 Å². The number of pyridine rings is 1. The summed E-state index contributed by atoms with van der Waals surface area (Å²) < 4.78 is 5.95. The van der Waals surface area contributed by atoms with Gasteiger partial charge in [0, 0.05) is 18.8 Å². The maximum absolute atomic E-state index is 12.5. The summed E-state index contributed by atoms with van der Waals surface area (Å²) in [4.78, 5) is 30.3. The molecule has 1 saturated heterocycles. The average Bonchev–Trinajstić information content (AvgIpc) is 2.89. The zero-order valence-corrected chi connectivity index (χ0v) is 12.4. The normalized spacial score (nSPS) is 18.4. The molecule has 22 heavy (non-hydrogen) atoms. The van der Waals surface area contributed by atoms with Gasteiger partial charge in [0.1, 0.15) is 12.2 Å². The Balaban J connectivity index is 1.85. The van der Waals surface area contributed by atoms with Gasteiger partial charge < -0.3 is 4.90 Å². The molecule has 1 fully saturated rings. The number of nitrogens with zero attached hydrogens (tertiary/aromatic N) is 4. The van der Waals surface area contributed by atoms with Crippen LogP contribution in [-0.2, 0) is 11.3 Å². The molecule has 0 saturated carbocycles. The van der Waals surface area contributed by atoms with Crippen molar-refractivity contribution >= 4 is 5.91 Å². The number of piperidine rings is 1. The van der Waals surface area contributed by atoms with Crippen LogP contribution >= 0.6 is 0 Å². The molecular weight excluding hydrogens is 284 g/mol. The molecule has 0 aliphatic carbocycles. The molecule has 1 unspecified atom stereocenters. The van der Waals surface area contributed by atoms with E-state index in [-0.39, 0.29) is 24.3 Å². The van der Waals surface area contributed by atoms with E-state index in [1.165, 1.54) is 4.57 Å². The summed E-state index contributed by atoms with van der Waals surface area (Å²) in [5, 5.41) is 3.75. The van der Waals surface area contributed by atoms with E-state index in [4.69, 9.17) is 4.52 Å². The highest BCUT2D eigenvalue weighted by molar-refractivity contribution is 5.77. The van der Waals surface area contributed by atoms with E-state index in [1.54, 1.807) is 24.4 Å². The fourth-order valence-corrected chi connectivity index (χ4v) is 2.78. The van der Waals surface area contributed by atoms with Gasteiger partial charge in [-0.1, -0.05) is 11.2 Å². The Bertz CT molecular complexity index is 707. The highest BCUT2D eigenvalue weighted by atomic mass is 16.5. The third-order valence-electron chi connectivity index (χ3n) is 4.00. The highest BCUT2D eigenvalue weighted by Gasteiger charge is 2.25. The van der Waals surface area contributed by atoms with Crippen LogP contribution in [0, 0.1) is 0 Å². The van der Waals surface area contributed by atoms with E-state index >= 15 is 0 Å². The number of amides is 1. The number of aromatic nitrogens is 3. The number of likely N-dealkylation sites (tertiary alicyclic amines) is 1. The van der Waals surface area contributed by atoms with Crippen LogP contribution in [0.5, 0.6) is 0 Å². The molecule has 0 aromatic carbocycles. The molecule has 3 rings (SSSR count). The van der Waals surface area contributed by atoms with Crippen LogP contribution in [0.3, 0.4) is 0 Å². The predicted octanol–water partition coefficient (Wildman–Crippen LogP) is 1.30. The minimum Gasteiger partial charge on any atom is -0.338 e. The molecule has 1 aliphatic rings. The Morgan fingerprint density at radius 1 is 1.41 bits per heavy atom. The van der Waals surface area contributed by atoms with E-state index in [1.807, 2.05) is 11.8 Å². The average molecular weight is 302 g/mol. The first kappa shape index (κ1) is 14.5. The Morgan fingerprint density at radius 3 is 3.00 bits per heavy atom. The molecule has 1 aliphatic heterocycles. The van der Waals surface area contributed by atoms with Gasteiger partial charge in [-0.3, -0.25) is 14.3 Å². The van der Waals surface area contributed by atoms with E-state index in [0.717, 1.165) is 25.8 Å². The maximum Gasteiger partial charge on any atom is 0.442 e.